The third-order valence-corrected chi connectivity index (χ3v) is 1.77. The molecule has 0 aliphatic rings. The van der Waals surface area contributed by atoms with Crippen molar-refractivity contribution < 1.29 is 9.90 Å². The standard InChI is InChI=1S/C8H18N2O2/c1-5(11)4-10-8(12)6(2)7(3)9/h5-7,11H,4,9H2,1-3H3,(H,10,12)/t5-,6?,7?/m1/s1. The Bertz CT molecular complexity index is 146. The van der Waals surface area contributed by atoms with Gasteiger partial charge in [-0.05, 0) is 13.8 Å². The molecule has 0 aromatic rings. The van der Waals surface area contributed by atoms with Crippen LogP contribution in [-0.4, -0.2) is 29.7 Å². The van der Waals surface area contributed by atoms with Crippen LogP contribution < -0.4 is 11.1 Å². The van der Waals surface area contributed by atoms with Gasteiger partial charge in [-0.15, -0.1) is 0 Å². The first-order chi connectivity index (χ1) is 5.45. The molecule has 2 unspecified atom stereocenters. The molecule has 0 aliphatic heterocycles. The van der Waals surface area contributed by atoms with Crippen LogP contribution in [0.4, 0.5) is 0 Å². The van der Waals surface area contributed by atoms with Crippen LogP contribution in [0, 0.1) is 5.92 Å². The van der Waals surface area contributed by atoms with E-state index in [1.807, 2.05) is 0 Å². The number of carbonyl (C=O) groups excluding carboxylic acids is 1. The molecular formula is C8H18N2O2. The summed E-state index contributed by atoms with van der Waals surface area (Å²) in [6.07, 6.45) is -0.505. The van der Waals surface area contributed by atoms with Crippen LogP contribution in [0.15, 0.2) is 0 Å². The number of rotatable bonds is 4. The highest BCUT2D eigenvalue weighted by Gasteiger charge is 2.16. The number of hydrogen-bond acceptors (Lipinski definition) is 3. The molecule has 0 saturated carbocycles. The molecule has 4 nitrogen and oxygen atoms in total. The van der Waals surface area contributed by atoms with E-state index in [0.717, 1.165) is 0 Å². The summed E-state index contributed by atoms with van der Waals surface area (Å²) < 4.78 is 0. The Morgan fingerprint density at radius 3 is 2.33 bits per heavy atom. The molecule has 0 saturated heterocycles. The first-order valence-corrected chi connectivity index (χ1v) is 4.16. The molecule has 0 spiro atoms. The highest BCUT2D eigenvalue weighted by atomic mass is 16.3. The summed E-state index contributed by atoms with van der Waals surface area (Å²) in [5, 5.41) is 11.5. The fourth-order valence-corrected chi connectivity index (χ4v) is 0.648. The third kappa shape index (κ3) is 4.31. The lowest BCUT2D eigenvalue weighted by atomic mass is 10.0. The largest absolute Gasteiger partial charge is 0.392 e. The average molecular weight is 174 g/mol. The molecule has 0 aromatic carbocycles. The molecule has 0 rings (SSSR count). The third-order valence-electron chi connectivity index (χ3n) is 1.77. The van der Waals surface area contributed by atoms with Crippen LogP contribution in [0.1, 0.15) is 20.8 Å². The zero-order valence-electron chi connectivity index (χ0n) is 7.87. The molecular weight excluding hydrogens is 156 g/mol. The van der Waals surface area contributed by atoms with Gasteiger partial charge in [-0.1, -0.05) is 6.92 Å². The Hall–Kier alpha value is -0.610. The maximum Gasteiger partial charge on any atom is 0.224 e. The minimum absolute atomic E-state index is 0.106. The van der Waals surface area contributed by atoms with Gasteiger partial charge in [0.05, 0.1) is 6.10 Å². The maximum absolute atomic E-state index is 11.2. The van der Waals surface area contributed by atoms with E-state index < -0.39 is 6.10 Å². The van der Waals surface area contributed by atoms with Crippen molar-refractivity contribution in [1.82, 2.24) is 5.32 Å². The van der Waals surface area contributed by atoms with E-state index in [9.17, 15) is 4.79 Å². The van der Waals surface area contributed by atoms with Gasteiger partial charge in [0.15, 0.2) is 0 Å². The Morgan fingerprint density at radius 1 is 1.50 bits per heavy atom. The summed E-state index contributed by atoms with van der Waals surface area (Å²) in [5.41, 5.74) is 5.52. The Morgan fingerprint density at radius 2 is 2.00 bits per heavy atom. The lowest BCUT2D eigenvalue weighted by molar-refractivity contribution is -0.125. The molecule has 0 radical (unpaired) electrons. The normalized spacial score (nSPS) is 18.1. The molecule has 3 atom stereocenters. The van der Waals surface area contributed by atoms with Crippen molar-refractivity contribution in [3.63, 3.8) is 0 Å². The lowest BCUT2D eigenvalue weighted by Crippen LogP contribution is -2.40. The van der Waals surface area contributed by atoms with Gasteiger partial charge in [0.2, 0.25) is 5.91 Å². The summed E-state index contributed by atoms with van der Waals surface area (Å²) in [4.78, 5) is 11.2. The number of amides is 1. The zero-order valence-corrected chi connectivity index (χ0v) is 7.87. The van der Waals surface area contributed by atoms with Crippen molar-refractivity contribution in [3.8, 4) is 0 Å². The molecule has 0 aliphatic carbocycles. The van der Waals surface area contributed by atoms with Gasteiger partial charge in [0.1, 0.15) is 0 Å². The molecule has 0 heterocycles. The molecule has 12 heavy (non-hydrogen) atoms. The number of carbonyl (C=O) groups is 1. The van der Waals surface area contributed by atoms with E-state index in [0.29, 0.717) is 0 Å². The smallest absolute Gasteiger partial charge is 0.224 e. The first kappa shape index (κ1) is 11.4. The van der Waals surface area contributed by atoms with Crippen LogP contribution in [-0.2, 0) is 4.79 Å². The number of nitrogens with two attached hydrogens (primary N) is 1. The predicted molar refractivity (Wildman–Crippen MR) is 47.5 cm³/mol. The van der Waals surface area contributed by atoms with E-state index in [-0.39, 0.29) is 24.4 Å². The molecule has 0 aromatic heterocycles. The van der Waals surface area contributed by atoms with Crippen molar-refractivity contribution in [2.75, 3.05) is 6.54 Å². The number of aliphatic hydroxyl groups is 1. The van der Waals surface area contributed by atoms with Crippen molar-refractivity contribution in [1.29, 1.82) is 0 Å². The van der Waals surface area contributed by atoms with Crippen LogP contribution in [0.2, 0.25) is 0 Å². The Labute approximate surface area is 73.1 Å². The van der Waals surface area contributed by atoms with Gasteiger partial charge in [-0.2, -0.15) is 0 Å². The highest BCUT2D eigenvalue weighted by Crippen LogP contribution is 1.98. The average Bonchev–Trinajstić information content (AvgIpc) is 1.98. The molecule has 0 bridgehead atoms. The van der Waals surface area contributed by atoms with Crippen molar-refractivity contribution in [2.45, 2.75) is 32.9 Å². The van der Waals surface area contributed by atoms with E-state index in [1.54, 1.807) is 20.8 Å². The Kier molecular flexibility index (Phi) is 4.85. The fourth-order valence-electron chi connectivity index (χ4n) is 0.648. The van der Waals surface area contributed by atoms with Crippen molar-refractivity contribution in [3.05, 3.63) is 0 Å². The van der Waals surface area contributed by atoms with Gasteiger partial charge >= 0.3 is 0 Å². The molecule has 4 N–H and O–H groups in total. The summed E-state index contributed by atoms with van der Waals surface area (Å²) in [5.74, 6) is -0.311. The Balaban J connectivity index is 3.72. The predicted octanol–water partition coefficient (Wildman–Crippen LogP) is -0.533. The summed E-state index contributed by atoms with van der Waals surface area (Å²) >= 11 is 0. The van der Waals surface area contributed by atoms with Gasteiger partial charge in [-0.3, -0.25) is 4.79 Å². The summed E-state index contributed by atoms with van der Waals surface area (Å²) in [6, 6.07) is -0.154. The molecule has 4 heteroatoms. The topological polar surface area (TPSA) is 75.4 Å². The van der Waals surface area contributed by atoms with E-state index in [4.69, 9.17) is 10.8 Å². The lowest BCUT2D eigenvalue weighted by Gasteiger charge is -2.15. The van der Waals surface area contributed by atoms with Crippen LogP contribution in [0.5, 0.6) is 0 Å². The van der Waals surface area contributed by atoms with Gasteiger partial charge in [-0.25, -0.2) is 0 Å². The van der Waals surface area contributed by atoms with E-state index in [1.165, 1.54) is 0 Å². The molecule has 1 amide bonds. The highest BCUT2D eigenvalue weighted by molar-refractivity contribution is 5.78. The minimum Gasteiger partial charge on any atom is -0.392 e. The van der Waals surface area contributed by atoms with Crippen LogP contribution in [0.25, 0.3) is 0 Å². The monoisotopic (exact) mass is 174 g/mol. The van der Waals surface area contributed by atoms with Crippen molar-refractivity contribution >= 4 is 5.91 Å². The second-order valence-electron chi connectivity index (χ2n) is 3.24. The number of nitrogens with one attached hydrogen (secondary N) is 1. The fraction of sp³-hybridized carbons (Fsp3) is 0.875. The minimum atomic E-state index is -0.505. The van der Waals surface area contributed by atoms with E-state index in [2.05, 4.69) is 5.32 Å². The van der Waals surface area contributed by atoms with Gasteiger partial charge in [0.25, 0.3) is 0 Å². The van der Waals surface area contributed by atoms with E-state index >= 15 is 0 Å². The number of hydrogen-bond donors (Lipinski definition) is 3. The van der Waals surface area contributed by atoms with Gasteiger partial charge < -0.3 is 16.2 Å². The van der Waals surface area contributed by atoms with Crippen LogP contribution in [0.3, 0.4) is 0 Å². The zero-order chi connectivity index (χ0) is 9.72. The second-order valence-corrected chi connectivity index (χ2v) is 3.24. The first-order valence-electron chi connectivity index (χ1n) is 4.16. The summed E-state index contributed by atoms with van der Waals surface area (Å²) in [6.45, 7) is 5.46. The molecule has 0 fully saturated rings. The van der Waals surface area contributed by atoms with Crippen LogP contribution >= 0.6 is 0 Å². The SMILES string of the molecule is CC(N)C(C)C(=O)NC[C@@H](C)O. The maximum atomic E-state index is 11.2. The van der Waals surface area contributed by atoms with Gasteiger partial charge in [0, 0.05) is 18.5 Å². The molecule has 72 valence electrons. The quantitative estimate of drug-likeness (QED) is 0.536. The second kappa shape index (κ2) is 5.11. The number of aliphatic hydroxyl groups excluding tert-OH is 1. The summed E-state index contributed by atoms with van der Waals surface area (Å²) in [7, 11) is 0. The van der Waals surface area contributed by atoms with Crippen molar-refractivity contribution in [2.24, 2.45) is 11.7 Å².